The van der Waals surface area contributed by atoms with Crippen molar-refractivity contribution in [1.29, 1.82) is 0 Å². The highest BCUT2D eigenvalue weighted by atomic mass is 32.2. The lowest BCUT2D eigenvalue weighted by atomic mass is 10.1. The number of hydrogen-bond acceptors (Lipinski definition) is 5. The Labute approximate surface area is 132 Å². The molecular weight excluding hydrogens is 304 g/mol. The van der Waals surface area contributed by atoms with Crippen molar-refractivity contribution in [3.63, 3.8) is 0 Å². The maximum Gasteiger partial charge on any atom is 0.166 e. The standard InChI is InChI=1S/C15H24N2O2S2/c1-3-21(18,19)15-12-20-9-8-17(15)11-14-7-5-4-6-13(14)10-16-2/h4-7,15-16H,3,8-12H2,1-2H3. The number of nitrogens with one attached hydrogen (secondary N) is 1. The predicted octanol–water partition coefficient (Wildman–Crippen LogP) is 1.72. The molecule has 1 aromatic carbocycles. The van der Waals surface area contributed by atoms with Crippen molar-refractivity contribution in [3.05, 3.63) is 35.4 Å². The Hall–Kier alpha value is -0.560. The molecule has 1 saturated heterocycles. The SMILES string of the molecule is CCS(=O)(=O)C1CSCCN1Cc1ccccc1CNC. The van der Waals surface area contributed by atoms with E-state index >= 15 is 0 Å². The average molecular weight is 329 g/mol. The third-order valence-electron chi connectivity index (χ3n) is 3.87. The molecule has 1 unspecified atom stereocenters. The minimum atomic E-state index is -3.03. The Kier molecular flexibility index (Phi) is 6.10. The summed E-state index contributed by atoms with van der Waals surface area (Å²) in [5.74, 6) is 1.90. The molecule has 0 bridgehead atoms. The monoisotopic (exact) mass is 328 g/mol. The maximum atomic E-state index is 12.3. The average Bonchev–Trinajstić information content (AvgIpc) is 2.50. The minimum absolute atomic E-state index is 0.215. The van der Waals surface area contributed by atoms with Gasteiger partial charge in [0.2, 0.25) is 0 Å². The quantitative estimate of drug-likeness (QED) is 0.862. The van der Waals surface area contributed by atoms with E-state index in [1.54, 1.807) is 18.7 Å². The molecule has 1 heterocycles. The van der Waals surface area contributed by atoms with Gasteiger partial charge in [-0.05, 0) is 18.2 Å². The second-order valence-corrected chi connectivity index (χ2v) is 8.85. The van der Waals surface area contributed by atoms with Crippen LogP contribution in [0, 0.1) is 0 Å². The summed E-state index contributed by atoms with van der Waals surface area (Å²) < 4.78 is 24.6. The van der Waals surface area contributed by atoms with Gasteiger partial charge in [0.1, 0.15) is 5.37 Å². The first kappa shape index (κ1) is 16.8. The van der Waals surface area contributed by atoms with Crippen LogP contribution in [0.4, 0.5) is 0 Å². The molecule has 0 spiro atoms. The summed E-state index contributed by atoms with van der Waals surface area (Å²) in [5, 5.41) is 2.83. The van der Waals surface area contributed by atoms with Crippen molar-refractivity contribution in [2.75, 3.05) is 30.9 Å². The van der Waals surface area contributed by atoms with Gasteiger partial charge in [-0.3, -0.25) is 4.90 Å². The Morgan fingerprint density at radius 1 is 1.33 bits per heavy atom. The van der Waals surface area contributed by atoms with E-state index in [0.29, 0.717) is 12.3 Å². The Morgan fingerprint density at radius 3 is 2.71 bits per heavy atom. The zero-order valence-electron chi connectivity index (χ0n) is 12.7. The highest BCUT2D eigenvalue weighted by Crippen LogP contribution is 2.24. The summed E-state index contributed by atoms with van der Waals surface area (Å²) in [6.45, 7) is 4.09. The van der Waals surface area contributed by atoms with E-state index in [0.717, 1.165) is 18.8 Å². The van der Waals surface area contributed by atoms with E-state index in [9.17, 15) is 8.42 Å². The summed E-state index contributed by atoms with van der Waals surface area (Å²) >= 11 is 1.74. The lowest BCUT2D eigenvalue weighted by Crippen LogP contribution is -2.47. The van der Waals surface area contributed by atoms with Gasteiger partial charge in [-0.1, -0.05) is 31.2 Å². The van der Waals surface area contributed by atoms with Crippen LogP contribution in [0.3, 0.4) is 0 Å². The second-order valence-electron chi connectivity index (χ2n) is 5.25. The Morgan fingerprint density at radius 2 is 2.05 bits per heavy atom. The van der Waals surface area contributed by atoms with Crippen LogP contribution in [0.25, 0.3) is 0 Å². The van der Waals surface area contributed by atoms with Crippen LogP contribution in [-0.4, -0.2) is 49.5 Å². The number of benzene rings is 1. The minimum Gasteiger partial charge on any atom is -0.316 e. The third-order valence-corrected chi connectivity index (χ3v) is 7.20. The fourth-order valence-electron chi connectivity index (χ4n) is 2.61. The molecular formula is C15H24N2O2S2. The molecule has 4 nitrogen and oxygen atoms in total. The number of sulfone groups is 1. The van der Waals surface area contributed by atoms with E-state index in [4.69, 9.17) is 0 Å². The summed E-state index contributed by atoms with van der Waals surface area (Å²) in [6.07, 6.45) is 0. The number of nitrogens with zero attached hydrogens (tertiary/aromatic N) is 1. The summed E-state index contributed by atoms with van der Waals surface area (Å²) in [4.78, 5) is 2.13. The first-order valence-electron chi connectivity index (χ1n) is 7.33. The van der Waals surface area contributed by atoms with Crippen molar-refractivity contribution < 1.29 is 8.42 Å². The zero-order valence-corrected chi connectivity index (χ0v) is 14.3. The molecule has 0 aliphatic carbocycles. The zero-order chi connectivity index (χ0) is 15.3. The second kappa shape index (κ2) is 7.63. The molecule has 1 atom stereocenters. The molecule has 1 aromatic rings. The van der Waals surface area contributed by atoms with Gasteiger partial charge in [0.25, 0.3) is 0 Å². The van der Waals surface area contributed by atoms with Gasteiger partial charge in [-0.25, -0.2) is 8.42 Å². The highest BCUT2D eigenvalue weighted by Gasteiger charge is 2.32. The fraction of sp³-hybridized carbons (Fsp3) is 0.600. The Balaban J connectivity index is 2.20. The van der Waals surface area contributed by atoms with Crippen LogP contribution in [0.5, 0.6) is 0 Å². The largest absolute Gasteiger partial charge is 0.316 e. The molecule has 6 heteroatoms. The van der Waals surface area contributed by atoms with Crippen LogP contribution in [0.1, 0.15) is 18.1 Å². The first-order valence-corrected chi connectivity index (χ1v) is 10.2. The van der Waals surface area contributed by atoms with Crippen molar-refractivity contribution in [2.24, 2.45) is 0 Å². The van der Waals surface area contributed by atoms with Gasteiger partial charge in [-0.15, -0.1) is 0 Å². The molecule has 118 valence electrons. The predicted molar refractivity (Wildman–Crippen MR) is 90.2 cm³/mol. The number of rotatable bonds is 6. The van der Waals surface area contributed by atoms with Crippen molar-refractivity contribution in [3.8, 4) is 0 Å². The first-order chi connectivity index (χ1) is 10.1. The van der Waals surface area contributed by atoms with Crippen LogP contribution in [0.15, 0.2) is 24.3 Å². The van der Waals surface area contributed by atoms with Gasteiger partial charge in [0.15, 0.2) is 9.84 Å². The van der Waals surface area contributed by atoms with E-state index in [-0.39, 0.29) is 11.1 Å². The normalized spacial score (nSPS) is 20.6. The molecule has 0 amide bonds. The topological polar surface area (TPSA) is 49.4 Å². The lowest BCUT2D eigenvalue weighted by Gasteiger charge is -2.35. The van der Waals surface area contributed by atoms with Gasteiger partial charge in [0, 0.05) is 36.9 Å². The smallest absolute Gasteiger partial charge is 0.166 e. The van der Waals surface area contributed by atoms with E-state index in [1.807, 2.05) is 19.2 Å². The lowest BCUT2D eigenvalue weighted by molar-refractivity contribution is 0.261. The molecule has 1 N–H and O–H groups in total. The van der Waals surface area contributed by atoms with E-state index in [2.05, 4.69) is 22.3 Å². The number of hydrogen-bond donors (Lipinski definition) is 1. The molecule has 1 aliphatic heterocycles. The van der Waals surface area contributed by atoms with Crippen LogP contribution < -0.4 is 5.32 Å². The Bertz CT molecular complexity index is 561. The molecule has 1 fully saturated rings. The summed E-state index contributed by atoms with van der Waals surface area (Å²) in [6, 6.07) is 8.26. The van der Waals surface area contributed by atoms with Crippen molar-refractivity contribution >= 4 is 21.6 Å². The summed E-state index contributed by atoms with van der Waals surface area (Å²) in [7, 11) is -1.10. The maximum absolute atomic E-state index is 12.3. The van der Waals surface area contributed by atoms with Crippen molar-refractivity contribution in [1.82, 2.24) is 10.2 Å². The fourth-order valence-corrected chi connectivity index (χ4v) is 5.69. The van der Waals surface area contributed by atoms with E-state index in [1.165, 1.54) is 11.1 Å². The third kappa shape index (κ3) is 4.22. The molecule has 0 radical (unpaired) electrons. The summed E-state index contributed by atoms with van der Waals surface area (Å²) in [5.41, 5.74) is 2.46. The van der Waals surface area contributed by atoms with Gasteiger partial charge < -0.3 is 5.32 Å². The van der Waals surface area contributed by atoms with Gasteiger partial charge in [-0.2, -0.15) is 11.8 Å². The van der Waals surface area contributed by atoms with Gasteiger partial charge >= 0.3 is 0 Å². The van der Waals surface area contributed by atoms with Crippen LogP contribution in [-0.2, 0) is 22.9 Å². The molecule has 1 aliphatic rings. The molecule has 21 heavy (non-hydrogen) atoms. The number of thioether (sulfide) groups is 1. The van der Waals surface area contributed by atoms with E-state index < -0.39 is 9.84 Å². The molecule has 0 aromatic heterocycles. The van der Waals surface area contributed by atoms with Gasteiger partial charge in [0.05, 0.1) is 0 Å². The molecule has 0 saturated carbocycles. The van der Waals surface area contributed by atoms with Crippen molar-refractivity contribution in [2.45, 2.75) is 25.4 Å². The van der Waals surface area contributed by atoms with Crippen LogP contribution >= 0.6 is 11.8 Å². The molecule has 2 rings (SSSR count). The van der Waals surface area contributed by atoms with Crippen LogP contribution in [0.2, 0.25) is 0 Å². The highest BCUT2D eigenvalue weighted by molar-refractivity contribution is 8.01.